The SMILES string of the molecule is CN1C(=O)CSc2ccc(C(=O)CCC(=O)O)cc21. The van der Waals surface area contributed by atoms with Crippen LogP contribution in [-0.2, 0) is 9.59 Å². The van der Waals surface area contributed by atoms with Crippen LogP contribution < -0.4 is 4.90 Å². The Hall–Kier alpha value is -1.82. The number of carboxylic acid groups (broad SMARTS) is 1. The predicted octanol–water partition coefficient (Wildman–Crippen LogP) is 1.80. The largest absolute Gasteiger partial charge is 0.481 e. The number of thioether (sulfide) groups is 1. The zero-order valence-electron chi connectivity index (χ0n) is 10.4. The molecule has 2 rings (SSSR count). The third-order valence-corrected chi connectivity index (χ3v) is 3.98. The van der Waals surface area contributed by atoms with Crippen molar-refractivity contribution in [3.05, 3.63) is 23.8 Å². The maximum atomic E-state index is 11.8. The minimum absolute atomic E-state index is 0.00682. The molecule has 1 aromatic rings. The number of benzene rings is 1. The molecule has 1 N–H and O–H groups in total. The summed E-state index contributed by atoms with van der Waals surface area (Å²) in [6.07, 6.45) is -0.210. The molecule has 0 aromatic heterocycles. The van der Waals surface area contributed by atoms with Crippen LogP contribution in [0.3, 0.4) is 0 Å². The van der Waals surface area contributed by atoms with Gasteiger partial charge in [-0.05, 0) is 12.1 Å². The average Bonchev–Trinajstić information content (AvgIpc) is 2.40. The number of carboxylic acids is 1. The second kappa shape index (κ2) is 5.44. The average molecular weight is 279 g/mol. The Morgan fingerprint density at radius 2 is 2.11 bits per heavy atom. The van der Waals surface area contributed by atoms with Crippen molar-refractivity contribution >= 4 is 35.1 Å². The highest BCUT2D eigenvalue weighted by molar-refractivity contribution is 8.00. The summed E-state index contributed by atoms with van der Waals surface area (Å²) in [7, 11) is 1.67. The minimum Gasteiger partial charge on any atom is -0.481 e. The van der Waals surface area contributed by atoms with Crippen molar-refractivity contribution in [3.63, 3.8) is 0 Å². The van der Waals surface area contributed by atoms with Crippen LogP contribution in [-0.4, -0.2) is 35.6 Å². The Kier molecular flexibility index (Phi) is 3.90. The van der Waals surface area contributed by atoms with Gasteiger partial charge in [0.15, 0.2) is 5.78 Å². The second-order valence-corrected chi connectivity index (χ2v) is 5.26. The van der Waals surface area contributed by atoms with Crippen molar-refractivity contribution in [1.29, 1.82) is 0 Å². The minimum atomic E-state index is -0.992. The van der Waals surface area contributed by atoms with Gasteiger partial charge >= 0.3 is 5.97 Å². The molecule has 1 aromatic carbocycles. The van der Waals surface area contributed by atoms with Crippen molar-refractivity contribution in [2.24, 2.45) is 0 Å². The summed E-state index contributed by atoms with van der Waals surface area (Å²) in [6, 6.07) is 5.14. The first kappa shape index (κ1) is 13.6. The van der Waals surface area contributed by atoms with Gasteiger partial charge in [0.05, 0.1) is 17.9 Å². The van der Waals surface area contributed by atoms with Crippen molar-refractivity contribution in [1.82, 2.24) is 0 Å². The molecule has 1 aliphatic rings. The molecule has 0 atom stereocenters. The van der Waals surface area contributed by atoms with Gasteiger partial charge < -0.3 is 10.0 Å². The fraction of sp³-hybridized carbons (Fsp3) is 0.308. The number of rotatable bonds is 4. The van der Waals surface area contributed by atoms with Gasteiger partial charge in [0.25, 0.3) is 0 Å². The van der Waals surface area contributed by atoms with E-state index in [1.165, 1.54) is 16.7 Å². The van der Waals surface area contributed by atoms with Crippen molar-refractivity contribution in [3.8, 4) is 0 Å². The number of hydrogen-bond acceptors (Lipinski definition) is 4. The third-order valence-electron chi connectivity index (χ3n) is 2.93. The van der Waals surface area contributed by atoms with Gasteiger partial charge in [0.1, 0.15) is 0 Å². The second-order valence-electron chi connectivity index (χ2n) is 4.24. The normalized spacial score (nSPS) is 14.2. The molecule has 0 spiro atoms. The maximum Gasteiger partial charge on any atom is 0.303 e. The molecule has 100 valence electrons. The Morgan fingerprint density at radius 1 is 1.37 bits per heavy atom. The summed E-state index contributed by atoms with van der Waals surface area (Å²) < 4.78 is 0. The summed E-state index contributed by atoms with van der Waals surface area (Å²) in [5.74, 6) is -0.820. The highest BCUT2D eigenvalue weighted by Gasteiger charge is 2.22. The van der Waals surface area contributed by atoms with E-state index in [1.807, 2.05) is 0 Å². The van der Waals surface area contributed by atoms with Gasteiger partial charge in [-0.1, -0.05) is 6.07 Å². The topological polar surface area (TPSA) is 74.7 Å². The molecule has 5 nitrogen and oxygen atoms in total. The molecule has 1 aliphatic heterocycles. The lowest BCUT2D eigenvalue weighted by Crippen LogP contribution is -2.31. The number of carbonyl (C=O) groups excluding carboxylic acids is 2. The van der Waals surface area contributed by atoms with Crippen LogP contribution in [0.1, 0.15) is 23.2 Å². The molecular formula is C13H13NO4S. The molecular weight excluding hydrogens is 266 g/mol. The number of amides is 1. The number of fused-ring (bicyclic) bond motifs is 1. The molecule has 1 amide bonds. The molecule has 0 radical (unpaired) electrons. The maximum absolute atomic E-state index is 11.8. The van der Waals surface area contributed by atoms with Crippen LogP contribution in [0.15, 0.2) is 23.1 Å². The molecule has 0 bridgehead atoms. The van der Waals surface area contributed by atoms with Crippen molar-refractivity contribution in [2.45, 2.75) is 17.7 Å². The zero-order valence-corrected chi connectivity index (χ0v) is 11.2. The summed E-state index contributed by atoms with van der Waals surface area (Å²) in [5, 5.41) is 8.57. The van der Waals surface area contributed by atoms with E-state index in [1.54, 1.807) is 25.2 Å². The van der Waals surface area contributed by atoms with E-state index in [2.05, 4.69) is 0 Å². The van der Waals surface area contributed by atoms with E-state index in [-0.39, 0.29) is 24.5 Å². The summed E-state index contributed by atoms with van der Waals surface area (Å²) in [5.41, 5.74) is 1.16. The fourth-order valence-corrected chi connectivity index (χ4v) is 2.79. The third kappa shape index (κ3) is 2.96. The quantitative estimate of drug-likeness (QED) is 0.851. The van der Waals surface area contributed by atoms with Gasteiger partial charge in [-0.15, -0.1) is 11.8 Å². The van der Waals surface area contributed by atoms with Gasteiger partial charge in [0, 0.05) is 23.9 Å². The molecule has 1 heterocycles. The fourth-order valence-electron chi connectivity index (χ4n) is 1.81. The van der Waals surface area contributed by atoms with Gasteiger partial charge in [-0.25, -0.2) is 0 Å². The standard InChI is InChI=1S/C13H13NO4S/c1-14-9-6-8(10(15)3-5-13(17)18)2-4-11(9)19-7-12(14)16/h2,4,6H,3,5,7H2,1H3,(H,17,18). The van der Waals surface area contributed by atoms with Gasteiger partial charge in [-0.3, -0.25) is 14.4 Å². The first-order chi connectivity index (χ1) is 8.99. The molecule has 0 saturated carbocycles. The molecule has 0 fully saturated rings. The summed E-state index contributed by atoms with van der Waals surface area (Å²) in [6.45, 7) is 0. The number of aliphatic carboxylic acids is 1. The number of nitrogens with zero attached hydrogens (tertiary/aromatic N) is 1. The number of Topliss-reactive ketones (excluding diaryl/α,β-unsaturated/α-hetero) is 1. The van der Waals surface area contributed by atoms with E-state index in [4.69, 9.17) is 5.11 Å². The number of carbonyl (C=O) groups is 3. The first-order valence-electron chi connectivity index (χ1n) is 5.77. The van der Waals surface area contributed by atoms with Crippen LogP contribution >= 0.6 is 11.8 Å². The summed E-state index contributed by atoms with van der Waals surface area (Å²) >= 11 is 1.44. The Morgan fingerprint density at radius 3 is 2.79 bits per heavy atom. The van der Waals surface area contributed by atoms with Crippen molar-refractivity contribution in [2.75, 3.05) is 17.7 Å². The Labute approximate surface area is 114 Å². The zero-order chi connectivity index (χ0) is 14.0. The Bertz CT molecular complexity index is 556. The van der Waals surface area contributed by atoms with E-state index < -0.39 is 5.97 Å². The van der Waals surface area contributed by atoms with Crippen molar-refractivity contribution < 1.29 is 19.5 Å². The first-order valence-corrected chi connectivity index (χ1v) is 6.76. The highest BCUT2D eigenvalue weighted by atomic mass is 32.2. The molecule has 0 saturated heterocycles. The lowest BCUT2D eigenvalue weighted by molar-refractivity contribution is -0.137. The number of ketones is 1. The Balaban J connectivity index is 2.23. The summed E-state index contributed by atoms with van der Waals surface area (Å²) in [4.78, 5) is 36.4. The number of hydrogen-bond donors (Lipinski definition) is 1. The lowest BCUT2D eigenvalue weighted by atomic mass is 10.1. The van der Waals surface area contributed by atoms with Crippen LogP contribution in [0.5, 0.6) is 0 Å². The van der Waals surface area contributed by atoms with Crippen LogP contribution in [0, 0.1) is 0 Å². The molecule has 0 aliphatic carbocycles. The van der Waals surface area contributed by atoms with Crippen LogP contribution in [0.2, 0.25) is 0 Å². The molecule has 19 heavy (non-hydrogen) atoms. The number of anilines is 1. The molecule has 0 unspecified atom stereocenters. The molecule has 6 heteroatoms. The predicted molar refractivity (Wildman–Crippen MR) is 71.8 cm³/mol. The van der Waals surface area contributed by atoms with Crippen LogP contribution in [0.4, 0.5) is 5.69 Å². The van der Waals surface area contributed by atoms with E-state index in [0.717, 1.165) is 4.90 Å². The van der Waals surface area contributed by atoms with E-state index >= 15 is 0 Å². The van der Waals surface area contributed by atoms with Gasteiger partial charge in [-0.2, -0.15) is 0 Å². The van der Waals surface area contributed by atoms with E-state index in [9.17, 15) is 14.4 Å². The monoisotopic (exact) mass is 279 g/mol. The highest BCUT2D eigenvalue weighted by Crippen LogP contribution is 2.35. The van der Waals surface area contributed by atoms with Gasteiger partial charge in [0.2, 0.25) is 5.91 Å². The van der Waals surface area contributed by atoms with E-state index in [0.29, 0.717) is 17.0 Å². The van der Waals surface area contributed by atoms with Crippen LogP contribution in [0.25, 0.3) is 0 Å². The lowest BCUT2D eigenvalue weighted by Gasteiger charge is -2.25. The smallest absolute Gasteiger partial charge is 0.303 e.